The second-order valence-electron chi connectivity index (χ2n) is 6.00. The van der Waals surface area contributed by atoms with Gasteiger partial charge in [-0.05, 0) is 44.9 Å². The highest BCUT2D eigenvalue weighted by Crippen LogP contribution is 2.48. The van der Waals surface area contributed by atoms with Gasteiger partial charge >= 0.3 is 0 Å². The maximum absolute atomic E-state index is 12.1. The molecule has 1 aromatic rings. The first-order valence-corrected chi connectivity index (χ1v) is 6.71. The Bertz CT molecular complexity index is 533. The zero-order chi connectivity index (χ0) is 14.3. The highest BCUT2D eigenvalue weighted by Gasteiger charge is 2.52. The molecule has 0 radical (unpaired) electrons. The molecule has 3 nitrogen and oxygen atoms in total. The van der Waals surface area contributed by atoms with E-state index in [0.717, 1.165) is 0 Å². The third kappa shape index (κ3) is 2.81. The molecule has 1 aliphatic carbocycles. The van der Waals surface area contributed by atoms with Gasteiger partial charge in [-0.3, -0.25) is 9.59 Å². The first-order chi connectivity index (χ1) is 8.74. The van der Waals surface area contributed by atoms with Gasteiger partial charge in [-0.2, -0.15) is 0 Å². The zero-order valence-electron chi connectivity index (χ0n) is 11.4. The summed E-state index contributed by atoms with van der Waals surface area (Å²) in [6, 6.07) is 6.85. The molecule has 0 aliphatic heterocycles. The van der Waals surface area contributed by atoms with E-state index in [9.17, 15) is 9.59 Å². The van der Waals surface area contributed by atoms with Crippen molar-refractivity contribution >= 4 is 23.3 Å². The molecular formula is C15H18ClNO2. The van der Waals surface area contributed by atoms with Crippen LogP contribution in [-0.4, -0.2) is 17.2 Å². The fraction of sp³-hybridized carbons (Fsp3) is 0.467. The summed E-state index contributed by atoms with van der Waals surface area (Å²) < 4.78 is 0. The van der Waals surface area contributed by atoms with Gasteiger partial charge in [0, 0.05) is 21.5 Å². The summed E-state index contributed by atoms with van der Waals surface area (Å²) in [4.78, 5) is 23.6. The van der Waals surface area contributed by atoms with Crippen molar-refractivity contribution < 1.29 is 9.59 Å². The lowest BCUT2D eigenvalue weighted by Crippen LogP contribution is -2.61. The molecule has 2 rings (SSSR count). The molecule has 0 aromatic heterocycles. The molecule has 1 amide bonds. The lowest BCUT2D eigenvalue weighted by Gasteiger charge is -2.52. The molecule has 19 heavy (non-hydrogen) atoms. The topological polar surface area (TPSA) is 46.2 Å². The smallest absolute Gasteiger partial charge is 0.251 e. The number of hydrogen-bond donors (Lipinski definition) is 1. The van der Waals surface area contributed by atoms with Crippen molar-refractivity contribution in [3.8, 4) is 0 Å². The van der Waals surface area contributed by atoms with Gasteiger partial charge in [-0.25, -0.2) is 0 Å². The van der Waals surface area contributed by atoms with Crippen LogP contribution in [0.15, 0.2) is 24.3 Å². The number of nitrogens with one attached hydrogen (secondary N) is 1. The fourth-order valence-electron chi connectivity index (χ4n) is 2.98. The second-order valence-corrected chi connectivity index (χ2v) is 6.43. The van der Waals surface area contributed by atoms with Gasteiger partial charge in [0.05, 0.1) is 0 Å². The summed E-state index contributed by atoms with van der Waals surface area (Å²) in [5, 5.41) is 3.54. The number of rotatable bonds is 3. The van der Waals surface area contributed by atoms with Crippen LogP contribution in [0.2, 0.25) is 5.02 Å². The van der Waals surface area contributed by atoms with Gasteiger partial charge in [0.15, 0.2) is 0 Å². The van der Waals surface area contributed by atoms with E-state index < -0.39 is 0 Å². The number of carbonyl (C=O) groups excluding carboxylic acids is 2. The SMILES string of the molecule is CC(=O)C1(C)CC(C)(NC(=O)c2cccc(Cl)c2)C1. The standard InChI is InChI=1S/C15H18ClNO2/c1-10(18)14(2)8-15(3,9-14)17-13(19)11-5-4-6-12(16)7-11/h4-7H,8-9H2,1-3H3,(H,17,19). The van der Waals surface area contributed by atoms with E-state index in [1.807, 2.05) is 13.8 Å². The summed E-state index contributed by atoms with van der Waals surface area (Å²) in [6.07, 6.45) is 1.36. The normalized spacial score (nSPS) is 29.5. The maximum atomic E-state index is 12.1. The summed E-state index contributed by atoms with van der Waals surface area (Å²) in [5.41, 5.74) is -0.0546. The Labute approximate surface area is 118 Å². The van der Waals surface area contributed by atoms with E-state index in [2.05, 4.69) is 5.32 Å². The molecule has 0 saturated heterocycles. The van der Waals surface area contributed by atoms with Crippen molar-refractivity contribution in [1.29, 1.82) is 0 Å². The van der Waals surface area contributed by atoms with Crippen LogP contribution in [0.5, 0.6) is 0 Å². The van der Waals surface area contributed by atoms with Crippen LogP contribution >= 0.6 is 11.6 Å². The number of amides is 1. The Hall–Kier alpha value is -1.35. The van der Waals surface area contributed by atoms with Crippen LogP contribution in [0, 0.1) is 5.41 Å². The van der Waals surface area contributed by atoms with Crippen molar-refractivity contribution in [2.45, 2.75) is 39.2 Å². The molecule has 4 heteroatoms. The summed E-state index contributed by atoms with van der Waals surface area (Å²) >= 11 is 5.87. The van der Waals surface area contributed by atoms with Crippen LogP contribution in [0.4, 0.5) is 0 Å². The average Bonchev–Trinajstić information content (AvgIpc) is 2.26. The number of ketones is 1. The highest BCUT2D eigenvalue weighted by molar-refractivity contribution is 6.30. The minimum absolute atomic E-state index is 0.143. The third-order valence-corrected chi connectivity index (χ3v) is 4.15. The largest absolute Gasteiger partial charge is 0.347 e. The highest BCUT2D eigenvalue weighted by atomic mass is 35.5. The Kier molecular flexibility index (Phi) is 3.43. The van der Waals surface area contributed by atoms with Crippen LogP contribution < -0.4 is 5.32 Å². The van der Waals surface area contributed by atoms with Crippen molar-refractivity contribution in [3.05, 3.63) is 34.9 Å². The van der Waals surface area contributed by atoms with E-state index in [1.54, 1.807) is 31.2 Å². The first-order valence-electron chi connectivity index (χ1n) is 6.33. The molecule has 0 atom stereocenters. The number of hydrogen-bond acceptors (Lipinski definition) is 2. The van der Waals surface area contributed by atoms with Crippen LogP contribution in [0.25, 0.3) is 0 Å². The molecule has 0 bridgehead atoms. The van der Waals surface area contributed by atoms with Gasteiger partial charge < -0.3 is 5.32 Å². The molecular weight excluding hydrogens is 262 g/mol. The third-order valence-electron chi connectivity index (χ3n) is 3.91. The molecule has 0 spiro atoms. The Morgan fingerprint density at radius 2 is 1.89 bits per heavy atom. The lowest BCUT2D eigenvalue weighted by molar-refractivity contribution is -0.134. The van der Waals surface area contributed by atoms with Gasteiger partial charge in [0.2, 0.25) is 0 Å². The van der Waals surface area contributed by atoms with Crippen molar-refractivity contribution in [3.63, 3.8) is 0 Å². The Balaban J connectivity index is 2.03. The second kappa shape index (κ2) is 4.64. The maximum Gasteiger partial charge on any atom is 0.251 e. The Morgan fingerprint density at radius 3 is 2.42 bits per heavy atom. The van der Waals surface area contributed by atoms with Crippen LogP contribution in [0.1, 0.15) is 44.0 Å². The minimum Gasteiger partial charge on any atom is -0.347 e. The predicted octanol–water partition coefficient (Wildman–Crippen LogP) is 3.22. The average molecular weight is 280 g/mol. The molecule has 102 valence electrons. The van der Waals surface area contributed by atoms with E-state index in [1.165, 1.54) is 0 Å². The number of halogens is 1. The molecule has 1 aliphatic rings. The summed E-state index contributed by atoms with van der Waals surface area (Å²) in [7, 11) is 0. The van der Waals surface area contributed by atoms with Crippen molar-refractivity contribution in [1.82, 2.24) is 5.32 Å². The molecule has 0 heterocycles. The predicted molar refractivity (Wildman–Crippen MR) is 75.3 cm³/mol. The van der Waals surface area contributed by atoms with E-state index in [0.29, 0.717) is 23.4 Å². The lowest BCUT2D eigenvalue weighted by atomic mass is 9.57. The summed E-state index contributed by atoms with van der Waals surface area (Å²) in [6.45, 7) is 5.53. The van der Waals surface area contributed by atoms with Crippen LogP contribution in [0.3, 0.4) is 0 Å². The number of Topliss-reactive ketones (excluding diaryl/α,β-unsaturated/α-hetero) is 1. The van der Waals surface area contributed by atoms with E-state index >= 15 is 0 Å². The Morgan fingerprint density at radius 1 is 1.26 bits per heavy atom. The van der Waals surface area contributed by atoms with Gasteiger partial charge in [0.25, 0.3) is 5.91 Å². The van der Waals surface area contributed by atoms with E-state index in [4.69, 9.17) is 11.6 Å². The van der Waals surface area contributed by atoms with Crippen molar-refractivity contribution in [2.24, 2.45) is 5.41 Å². The van der Waals surface area contributed by atoms with Crippen LogP contribution in [-0.2, 0) is 4.79 Å². The number of carbonyl (C=O) groups is 2. The van der Waals surface area contributed by atoms with Crippen molar-refractivity contribution in [2.75, 3.05) is 0 Å². The monoisotopic (exact) mass is 279 g/mol. The molecule has 0 unspecified atom stereocenters. The molecule has 1 fully saturated rings. The molecule has 1 N–H and O–H groups in total. The zero-order valence-corrected chi connectivity index (χ0v) is 12.2. The van der Waals surface area contributed by atoms with Gasteiger partial charge in [-0.1, -0.05) is 24.6 Å². The van der Waals surface area contributed by atoms with E-state index in [-0.39, 0.29) is 22.6 Å². The quantitative estimate of drug-likeness (QED) is 0.923. The first kappa shape index (κ1) is 14.1. The number of benzene rings is 1. The van der Waals surface area contributed by atoms with Gasteiger partial charge in [-0.15, -0.1) is 0 Å². The van der Waals surface area contributed by atoms with Gasteiger partial charge in [0.1, 0.15) is 5.78 Å². The summed E-state index contributed by atoms with van der Waals surface area (Å²) in [5.74, 6) is 0.0394. The fourth-order valence-corrected chi connectivity index (χ4v) is 3.17. The molecule has 1 saturated carbocycles. The molecule has 1 aromatic carbocycles. The minimum atomic E-state index is -0.306.